The van der Waals surface area contributed by atoms with Crippen molar-refractivity contribution >= 4 is 35.0 Å². The number of pyridine rings is 1. The van der Waals surface area contributed by atoms with Crippen molar-refractivity contribution in [1.82, 2.24) is 25.6 Å². The van der Waals surface area contributed by atoms with Gasteiger partial charge in [0.25, 0.3) is 18.3 Å². The summed E-state index contributed by atoms with van der Waals surface area (Å²) < 4.78 is 0. The van der Waals surface area contributed by atoms with E-state index in [-0.39, 0.29) is 24.4 Å². The minimum atomic E-state index is -1.07. The average Bonchev–Trinajstić information content (AvgIpc) is 2.95. The van der Waals surface area contributed by atoms with Crippen molar-refractivity contribution in [2.24, 2.45) is 5.92 Å². The number of aromatic nitrogens is 3. The first-order valence-electron chi connectivity index (χ1n) is 12.4. The zero-order valence-corrected chi connectivity index (χ0v) is 22.5. The van der Waals surface area contributed by atoms with Gasteiger partial charge in [-0.25, -0.2) is 4.98 Å². The number of amides is 2. The molecule has 12 nitrogen and oxygen atoms in total. The van der Waals surface area contributed by atoms with Gasteiger partial charge in [0.15, 0.2) is 0 Å². The molecule has 4 aromatic rings. The molecular formula is C29H29N5O7. The van der Waals surface area contributed by atoms with E-state index in [1.54, 1.807) is 6.20 Å². The second-order valence-electron chi connectivity index (χ2n) is 9.54. The summed E-state index contributed by atoms with van der Waals surface area (Å²) in [6.07, 6.45) is 4.64. The van der Waals surface area contributed by atoms with E-state index in [0.29, 0.717) is 0 Å². The highest BCUT2D eigenvalue weighted by Gasteiger charge is 2.26. The van der Waals surface area contributed by atoms with Gasteiger partial charge >= 0.3 is 5.97 Å². The number of benzene rings is 2. The first-order chi connectivity index (χ1) is 19.5. The van der Waals surface area contributed by atoms with E-state index in [4.69, 9.17) is 15.0 Å². The molecule has 2 heterocycles. The molecule has 0 aliphatic rings. The number of carbonyl (C=O) groups excluding carboxylic acids is 2. The number of fused-ring (bicyclic) bond motifs is 1. The van der Waals surface area contributed by atoms with Crippen molar-refractivity contribution in [1.29, 1.82) is 0 Å². The lowest BCUT2D eigenvalue weighted by molar-refractivity contribution is -0.140. The third-order valence-electron chi connectivity index (χ3n) is 6.23. The van der Waals surface area contributed by atoms with Crippen LogP contribution in [0.4, 0.5) is 0 Å². The van der Waals surface area contributed by atoms with Gasteiger partial charge in [-0.3, -0.25) is 24.2 Å². The molecule has 1 atom stereocenters. The average molecular weight is 560 g/mol. The smallest absolute Gasteiger partial charge is 0.308 e. The van der Waals surface area contributed by atoms with Crippen LogP contribution in [0.25, 0.3) is 21.9 Å². The zero-order valence-electron chi connectivity index (χ0n) is 22.5. The van der Waals surface area contributed by atoms with Crippen LogP contribution in [0.2, 0.25) is 0 Å². The highest BCUT2D eigenvalue weighted by atomic mass is 16.4. The first kappa shape index (κ1) is 30.2. The number of hydrogen-bond donors (Lipinski definition) is 5. The van der Waals surface area contributed by atoms with Gasteiger partial charge in [0, 0.05) is 30.5 Å². The Bertz CT molecular complexity index is 1570. The van der Waals surface area contributed by atoms with Crippen LogP contribution in [-0.2, 0) is 15.1 Å². The first-order valence-corrected chi connectivity index (χ1v) is 12.4. The summed E-state index contributed by atoms with van der Waals surface area (Å²) in [6.45, 7) is 4.70. The third-order valence-corrected chi connectivity index (χ3v) is 6.23. The van der Waals surface area contributed by atoms with E-state index in [2.05, 4.69) is 25.6 Å². The molecule has 2 aromatic heterocycles. The molecule has 12 heteroatoms. The van der Waals surface area contributed by atoms with Crippen molar-refractivity contribution in [2.75, 3.05) is 6.54 Å². The third kappa shape index (κ3) is 7.38. The van der Waals surface area contributed by atoms with E-state index >= 15 is 0 Å². The molecule has 0 aliphatic carbocycles. The molecule has 0 fully saturated rings. The molecule has 0 spiro atoms. The molecule has 212 valence electrons. The fourth-order valence-corrected chi connectivity index (χ4v) is 3.92. The number of carboxylic acids is 1. The maximum absolute atomic E-state index is 12.9. The maximum Gasteiger partial charge on any atom is 0.308 e. The molecule has 41 heavy (non-hydrogen) atoms. The predicted molar refractivity (Wildman–Crippen MR) is 149 cm³/mol. The second kappa shape index (κ2) is 13.1. The molecule has 2 amide bonds. The van der Waals surface area contributed by atoms with Gasteiger partial charge in [-0.1, -0.05) is 49.4 Å². The number of aromatic hydroxyl groups is 1. The Morgan fingerprint density at radius 3 is 2.34 bits per heavy atom. The zero-order chi connectivity index (χ0) is 30.2. The number of nitrogens with one attached hydrogen (secondary N) is 2. The normalized spacial score (nSPS) is 11.5. The Hall–Kier alpha value is -5.39. The summed E-state index contributed by atoms with van der Waals surface area (Å²) in [5, 5.41) is 33.5. The van der Waals surface area contributed by atoms with Gasteiger partial charge in [-0.05, 0) is 42.0 Å². The van der Waals surface area contributed by atoms with Gasteiger partial charge < -0.3 is 26.0 Å². The predicted octanol–water partition coefficient (Wildman–Crippen LogP) is 3.21. The number of rotatable bonds is 8. The van der Waals surface area contributed by atoms with Gasteiger partial charge in [0.1, 0.15) is 5.56 Å². The number of nitrogens with zero attached hydrogens (tertiary/aromatic N) is 3. The highest BCUT2D eigenvalue weighted by molar-refractivity contribution is 5.98. The van der Waals surface area contributed by atoms with E-state index < -0.39 is 35.1 Å². The van der Waals surface area contributed by atoms with Gasteiger partial charge in [-0.15, -0.1) is 0 Å². The Morgan fingerprint density at radius 1 is 1.02 bits per heavy atom. The second-order valence-corrected chi connectivity index (χ2v) is 9.54. The fourth-order valence-electron chi connectivity index (χ4n) is 3.92. The number of carboxylic acid groups (broad SMARTS) is 2. The lowest BCUT2D eigenvalue weighted by atomic mass is 9.91. The summed E-state index contributed by atoms with van der Waals surface area (Å²) >= 11 is 0. The highest BCUT2D eigenvalue weighted by Crippen LogP contribution is 2.30. The maximum atomic E-state index is 12.9. The molecule has 0 aliphatic heterocycles. The van der Waals surface area contributed by atoms with Crippen molar-refractivity contribution < 1.29 is 34.5 Å². The van der Waals surface area contributed by atoms with Crippen LogP contribution in [0.5, 0.6) is 5.88 Å². The molecule has 2 aromatic carbocycles. The Labute approximate surface area is 235 Å². The molecule has 5 N–H and O–H groups in total. The molecule has 1 unspecified atom stereocenters. The molecule has 0 bridgehead atoms. The Kier molecular flexibility index (Phi) is 9.64. The topological polar surface area (TPSA) is 192 Å². The molecule has 0 saturated heterocycles. The van der Waals surface area contributed by atoms with Crippen molar-refractivity contribution in [3.05, 3.63) is 84.1 Å². The molecule has 0 radical (unpaired) electrons. The minimum Gasteiger partial charge on any atom is -0.493 e. The van der Waals surface area contributed by atoms with E-state index in [1.165, 1.54) is 6.92 Å². The van der Waals surface area contributed by atoms with Crippen molar-refractivity contribution in [3.63, 3.8) is 0 Å². The summed E-state index contributed by atoms with van der Waals surface area (Å²) in [5.41, 5.74) is 1.91. The van der Waals surface area contributed by atoms with E-state index in [1.807, 2.05) is 68.6 Å². The van der Waals surface area contributed by atoms with Crippen LogP contribution in [0.3, 0.4) is 0 Å². The van der Waals surface area contributed by atoms with Gasteiger partial charge in [0.05, 0.1) is 11.5 Å². The molecular weight excluding hydrogens is 530 g/mol. The largest absolute Gasteiger partial charge is 0.493 e. The van der Waals surface area contributed by atoms with Crippen LogP contribution in [0, 0.1) is 5.92 Å². The van der Waals surface area contributed by atoms with Crippen LogP contribution < -0.4 is 10.6 Å². The minimum absolute atomic E-state index is 0.134. The summed E-state index contributed by atoms with van der Waals surface area (Å²) in [4.78, 5) is 56.1. The fraction of sp³-hybridized carbons (Fsp3) is 0.207. The Balaban J connectivity index is 0.00000147. The quantitative estimate of drug-likeness (QED) is 0.200. The number of carbonyl (C=O) groups is 4. The van der Waals surface area contributed by atoms with Crippen LogP contribution in [-0.4, -0.2) is 61.1 Å². The lowest BCUT2D eigenvalue weighted by Crippen LogP contribution is -2.41. The lowest BCUT2D eigenvalue weighted by Gasteiger charge is -2.27. The molecule has 0 saturated carbocycles. The number of hydrogen-bond acceptors (Lipinski definition) is 8. The Morgan fingerprint density at radius 2 is 1.71 bits per heavy atom. The van der Waals surface area contributed by atoms with Gasteiger partial charge in [0.2, 0.25) is 11.7 Å². The number of aliphatic carboxylic acids is 1. The van der Waals surface area contributed by atoms with Gasteiger partial charge in [-0.2, -0.15) is 4.98 Å². The van der Waals surface area contributed by atoms with Crippen LogP contribution >= 0.6 is 0 Å². The van der Waals surface area contributed by atoms with E-state index in [9.17, 15) is 19.5 Å². The van der Waals surface area contributed by atoms with Crippen molar-refractivity contribution in [3.8, 4) is 17.0 Å². The van der Waals surface area contributed by atoms with Crippen LogP contribution in [0.15, 0.2) is 67.1 Å². The SMILES string of the molecule is CC(CNC(=O)c1ncc(C(=O)NC(C)(C)c2ccc(-c3cccc4cnccc34)cc2)c(O)n1)C(=O)O.O=CO. The summed E-state index contributed by atoms with van der Waals surface area (Å²) in [7, 11) is 0. The summed E-state index contributed by atoms with van der Waals surface area (Å²) in [5.74, 6) is -4.29. The monoisotopic (exact) mass is 559 g/mol. The standard InChI is InChI=1S/C28H27N5O5.CH2O2/c1-16(27(37)38)13-31-26(36)23-30-15-22(24(34)32-23)25(35)33-28(2,3)19-9-7-17(8-10-19)20-6-4-5-18-14-29-12-11-21(18)20;2-1-3/h4-12,14-16H,13H2,1-3H3,(H,31,36)(H,33,35)(H,37,38)(H,30,32,34);1H,(H,2,3). The van der Waals surface area contributed by atoms with E-state index in [0.717, 1.165) is 33.7 Å². The molecule has 4 rings (SSSR count). The summed E-state index contributed by atoms with van der Waals surface area (Å²) in [6, 6.07) is 15.8. The van der Waals surface area contributed by atoms with Crippen LogP contribution in [0.1, 0.15) is 47.3 Å². The van der Waals surface area contributed by atoms with Crippen molar-refractivity contribution in [2.45, 2.75) is 26.3 Å².